The number of carbonyl (C=O) groups excluding carboxylic acids is 2. The maximum absolute atomic E-state index is 11.6. The Morgan fingerprint density at radius 1 is 0.833 bits per heavy atom. The van der Waals surface area contributed by atoms with Crippen molar-refractivity contribution in [3.05, 3.63) is 0 Å². The van der Waals surface area contributed by atoms with Crippen LogP contribution < -0.4 is 11.1 Å². The smallest absolute Gasteiger partial charge is 0.217 e. The van der Waals surface area contributed by atoms with Crippen molar-refractivity contribution in [1.29, 1.82) is 0 Å². The topological polar surface area (TPSA) is 260 Å². The van der Waals surface area contributed by atoms with Crippen molar-refractivity contribution in [2.24, 2.45) is 5.73 Å². The number of hydrogen-bond acceptors (Lipinski definition) is 15. The summed E-state index contributed by atoms with van der Waals surface area (Å²) in [6.07, 6.45) is -16.5. The average molecular weight is 526 g/mol. The summed E-state index contributed by atoms with van der Waals surface area (Å²) in [4.78, 5) is 22.7. The van der Waals surface area contributed by atoms with Gasteiger partial charge in [0.1, 0.15) is 67.1 Å². The fourth-order valence-corrected chi connectivity index (χ4v) is 4.47. The van der Waals surface area contributed by atoms with Gasteiger partial charge in [-0.25, -0.2) is 0 Å². The van der Waals surface area contributed by atoms with E-state index in [9.17, 15) is 45.3 Å². The lowest BCUT2D eigenvalue weighted by atomic mass is 9.95. The van der Waals surface area contributed by atoms with Crippen LogP contribution in [0.15, 0.2) is 0 Å². The predicted octanol–water partition coefficient (Wildman–Crippen LogP) is -6.57. The van der Waals surface area contributed by atoms with E-state index in [0.717, 1.165) is 6.92 Å². The number of aliphatic hydroxyl groups is 7. The Balaban J connectivity index is 1.76. The van der Waals surface area contributed by atoms with Crippen molar-refractivity contribution in [3.63, 3.8) is 0 Å². The van der Waals surface area contributed by atoms with Crippen LogP contribution in [0.4, 0.5) is 0 Å². The molecule has 1 amide bonds. The second-order valence-corrected chi connectivity index (χ2v) is 8.88. The molecule has 3 saturated heterocycles. The Labute approximate surface area is 205 Å². The van der Waals surface area contributed by atoms with Crippen LogP contribution in [-0.2, 0) is 33.3 Å². The predicted molar refractivity (Wildman–Crippen MR) is 113 cm³/mol. The lowest BCUT2D eigenvalue weighted by molar-refractivity contribution is -0.336. The number of aldehydes is 1. The zero-order valence-corrected chi connectivity index (χ0v) is 19.3. The Kier molecular flexibility index (Phi) is 10.1. The number of carbonyl (C=O) groups is 2. The lowest BCUT2D eigenvalue weighted by Crippen LogP contribution is -2.69. The third-order valence-electron chi connectivity index (χ3n) is 6.42. The molecule has 3 fully saturated rings. The van der Waals surface area contributed by atoms with Crippen LogP contribution in [0.3, 0.4) is 0 Å². The monoisotopic (exact) mass is 526 g/mol. The molecule has 3 aliphatic rings. The Morgan fingerprint density at radius 2 is 1.36 bits per heavy atom. The minimum absolute atomic E-state index is 0.342. The Hall–Kier alpha value is -1.38. The molecule has 3 rings (SSSR count). The van der Waals surface area contributed by atoms with Gasteiger partial charge in [0.2, 0.25) is 5.91 Å². The summed E-state index contributed by atoms with van der Waals surface area (Å²) in [7, 11) is 0. The van der Waals surface area contributed by atoms with E-state index in [-0.39, 0.29) is 0 Å². The summed E-state index contributed by atoms with van der Waals surface area (Å²) < 4.78 is 27.7. The summed E-state index contributed by atoms with van der Waals surface area (Å²) in [5.74, 6) is -0.598. The number of hydrogen-bond donors (Lipinski definition) is 9. The van der Waals surface area contributed by atoms with E-state index in [4.69, 9.17) is 29.4 Å². The molecule has 0 unspecified atom stereocenters. The first kappa shape index (κ1) is 29.2. The average Bonchev–Trinajstić information content (AvgIpc) is 3.16. The maximum Gasteiger partial charge on any atom is 0.217 e. The Bertz CT molecular complexity index is 745. The fraction of sp³-hybridized carbons (Fsp3) is 0.900. The van der Waals surface area contributed by atoms with Gasteiger partial charge < -0.3 is 75.3 Å². The maximum atomic E-state index is 11.6. The molecular weight excluding hydrogens is 492 g/mol. The molecule has 0 spiro atoms. The first-order valence-corrected chi connectivity index (χ1v) is 11.4. The lowest BCUT2D eigenvalue weighted by Gasteiger charge is -2.47. The van der Waals surface area contributed by atoms with Gasteiger partial charge in [0.25, 0.3) is 0 Å². The van der Waals surface area contributed by atoms with Gasteiger partial charge in [-0.15, -0.1) is 0 Å². The highest BCUT2D eigenvalue weighted by Gasteiger charge is 2.53. The van der Waals surface area contributed by atoms with E-state index in [1.807, 2.05) is 0 Å². The first-order chi connectivity index (χ1) is 17.1. The van der Waals surface area contributed by atoms with Gasteiger partial charge in [-0.1, -0.05) is 0 Å². The zero-order valence-electron chi connectivity index (χ0n) is 19.3. The molecule has 16 heteroatoms. The van der Waals surface area contributed by atoms with Gasteiger partial charge in [-0.05, 0) is 0 Å². The normalized spacial score (nSPS) is 47.5. The summed E-state index contributed by atoms with van der Waals surface area (Å²) in [6, 6.07) is -2.68. The third kappa shape index (κ3) is 5.86. The van der Waals surface area contributed by atoms with Crippen molar-refractivity contribution in [2.45, 2.75) is 92.6 Å². The van der Waals surface area contributed by atoms with Gasteiger partial charge in [0, 0.05) is 6.92 Å². The number of ether oxygens (including phenoxy) is 5. The molecule has 0 bridgehead atoms. The molecule has 3 heterocycles. The van der Waals surface area contributed by atoms with Gasteiger partial charge in [0.05, 0.1) is 25.9 Å². The highest BCUT2D eigenvalue weighted by molar-refractivity contribution is 5.73. The van der Waals surface area contributed by atoms with Gasteiger partial charge in [-0.3, -0.25) is 4.79 Å². The van der Waals surface area contributed by atoms with Crippen molar-refractivity contribution < 1.29 is 69.0 Å². The second-order valence-electron chi connectivity index (χ2n) is 8.88. The van der Waals surface area contributed by atoms with E-state index in [1.54, 1.807) is 0 Å². The summed E-state index contributed by atoms with van der Waals surface area (Å²) in [5, 5.41) is 73.0. The van der Waals surface area contributed by atoms with Gasteiger partial charge in [-0.2, -0.15) is 0 Å². The van der Waals surface area contributed by atoms with Crippen molar-refractivity contribution in [1.82, 2.24) is 5.32 Å². The molecule has 3 aliphatic heterocycles. The minimum atomic E-state index is -1.62. The molecule has 0 aromatic rings. The first-order valence-electron chi connectivity index (χ1n) is 11.4. The molecular formula is C20H34N2O14. The summed E-state index contributed by atoms with van der Waals surface area (Å²) in [6.45, 7) is -0.885. The molecule has 10 N–H and O–H groups in total. The van der Waals surface area contributed by atoms with Gasteiger partial charge >= 0.3 is 0 Å². The number of nitrogens with two attached hydrogens (primary N) is 1. The van der Waals surface area contributed by atoms with Crippen LogP contribution in [0.5, 0.6) is 0 Å². The van der Waals surface area contributed by atoms with Crippen LogP contribution in [0.25, 0.3) is 0 Å². The highest BCUT2D eigenvalue weighted by atomic mass is 16.7. The summed E-state index contributed by atoms with van der Waals surface area (Å²) in [5.41, 5.74) is 6.07. The molecule has 0 aliphatic carbocycles. The van der Waals surface area contributed by atoms with Crippen molar-refractivity contribution >= 4 is 12.2 Å². The molecule has 0 aromatic heterocycles. The van der Waals surface area contributed by atoms with Crippen molar-refractivity contribution in [2.75, 3.05) is 19.8 Å². The minimum Gasteiger partial charge on any atom is -0.394 e. The molecule has 0 aromatic carbocycles. The van der Waals surface area contributed by atoms with Crippen LogP contribution >= 0.6 is 0 Å². The molecule has 0 saturated carbocycles. The van der Waals surface area contributed by atoms with Gasteiger partial charge in [0.15, 0.2) is 18.9 Å². The molecule has 208 valence electrons. The molecule has 0 radical (unpaired) electrons. The third-order valence-corrected chi connectivity index (χ3v) is 6.42. The van der Waals surface area contributed by atoms with E-state index < -0.39 is 111 Å². The molecule has 14 atom stereocenters. The van der Waals surface area contributed by atoms with E-state index in [1.165, 1.54) is 0 Å². The van der Waals surface area contributed by atoms with Crippen LogP contribution in [0.2, 0.25) is 0 Å². The number of nitrogens with one attached hydrogen (secondary N) is 1. The number of aliphatic hydroxyl groups excluding tert-OH is 7. The van der Waals surface area contributed by atoms with Crippen LogP contribution in [0.1, 0.15) is 6.92 Å². The van der Waals surface area contributed by atoms with Crippen LogP contribution in [-0.4, -0.2) is 153 Å². The standard InChI is InChI=1S/C20H34N2O14/c1-6(27)22-12-16(31)13(28)7(2-23)33-20(12)36-18-10(5-26)34-19(11(21)15(18)30)35-17-9(4-25)32-8(3-24)14(17)29/h3,7-20,23,25-26,28-31H,2,4-5,21H2,1H3,(H,22,27)/t7-,8-,9-,10-,11-,12-,13-,14-,15-,16-,17-,18-,19+,20+/m1/s1. The second kappa shape index (κ2) is 12.4. The largest absolute Gasteiger partial charge is 0.394 e. The van der Waals surface area contributed by atoms with Crippen molar-refractivity contribution in [3.8, 4) is 0 Å². The number of amides is 1. The highest BCUT2D eigenvalue weighted by Crippen LogP contribution is 2.31. The zero-order chi connectivity index (χ0) is 26.7. The quantitative estimate of drug-likeness (QED) is 0.126. The van der Waals surface area contributed by atoms with E-state index >= 15 is 0 Å². The molecule has 16 nitrogen and oxygen atoms in total. The SMILES string of the molecule is CC(=O)N[C@H]1[C@H](O[C@H]2[C@H](O)[C@@H](N)[C@H](O[C@H]3[C@H](O)[C@@H](C=O)O[C@@H]3CO)O[C@@H]2CO)O[C@H](CO)[C@@H](O)[C@@H]1O. The van der Waals surface area contributed by atoms with E-state index in [0.29, 0.717) is 6.29 Å². The number of rotatable bonds is 9. The van der Waals surface area contributed by atoms with Crippen LogP contribution in [0, 0.1) is 0 Å². The summed E-state index contributed by atoms with van der Waals surface area (Å²) >= 11 is 0. The molecule has 36 heavy (non-hydrogen) atoms. The van der Waals surface area contributed by atoms with E-state index in [2.05, 4.69) is 5.32 Å². The Morgan fingerprint density at radius 3 is 1.92 bits per heavy atom. The fourth-order valence-electron chi connectivity index (χ4n) is 4.47.